The molecule has 1 aromatic carbocycles. The average molecular weight is 384 g/mol. The van der Waals surface area contributed by atoms with Crippen molar-refractivity contribution >= 4 is 5.91 Å². The van der Waals surface area contributed by atoms with Crippen molar-refractivity contribution in [2.45, 2.75) is 50.6 Å². The van der Waals surface area contributed by atoms with Gasteiger partial charge in [-0.25, -0.2) is 0 Å². The number of benzene rings is 1. The molecule has 2 aliphatic heterocycles. The molecule has 0 bridgehead atoms. The first-order chi connectivity index (χ1) is 13.7. The third-order valence-electron chi connectivity index (χ3n) is 7.77. The summed E-state index contributed by atoms with van der Waals surface area (Å²) in [6.07, 6.45) is 6.40. The van der Waals surface area contributed by atoms with Crippen molar-refractivity contribution in [1.29, 1.82) is 0 Å². The van der Waals surface area contributed by atoms with Crippen molar-refractivity contribution in [3.8, 4) is 0 Å². The Balaban J connectivity index is 1.27. The van der Waals surface area contributed by atoms with Gasteiger partial charge in [0.25, 0.3) is 0 Å². The minimum atomic E-state index is -0.212. The van der Waals surface area contributed by atoms with Gasteiger partial charge < -0.3 is 15.4 Å². The molecule has 1 saturated carbocycles. The topological polar surface area (TPSA) is 53.6 Å². The van der Waals surface area contributed by atoms with Crippen LogP contribution in [0.5, 0.6) is 0 Å². The van der Waals surface area contributed by atoms with Crippen LogP contribution in [0.15, 0.2) is 24.3 Å². The predicted octanol–water partition coefficient (Wildman–Crippen LogP) is 1.75. The minimum absolute atomic E-state index is 0.212. The van der Waals surface area contributed by atoms with E-state index in [1.807, 2.05) is 0 Å². The standard InChI is InChI=1S/C23H33N3O2/c27-22(25-20-13-17-3-1-2-4-18(17)14-20)23-7-5-21(26-9-11-28-12-10-26)15-19(23)6-8-24-16-23/h1-4,19-21,24H,5-16H2,(H,25,27)/t19-,21-,23-/m1/s1. The lowest BCUT2D eigenvalue weighted by atomic mass is 9.61. The molecule has 0 unspecified atom stereocenters. The van der Waals surface area contributed by atoms with E-state index in [4.69, 9.17) is 4.74 Å². The van der Waals surface area contributed by atoms with E-state index in [2.05, 4.69) is 39.8 Å². The predicted molar refractivity (Wildman–Crippen MR) is 109 cm³/mol. The third-order valence-corrected chi connectivity index (χ3v) is 7.77. The molecule has 5 nitrogen and oxygen atoms in total. The monoisotopic (exact) mass is 383 g/mol. The summed E-state index contributed by atoms with van der Waals surface area (Å²) in [4.78, 5) is 16.2. The summed E-state index contributed by atoms with van der Waals surface area (Å²) in [6.45, 7) is 5.71. The van der Waals surface area contributed by atoms with Gasteiger partial charge in [0.2, 0.25) is 5.91 Å². The quantitative estimate of drug-likeness (QED) is 0.835. The molecule has 3 atom stereocenters. The van der Waals surface area contributed by atoms with Crippen LogP contribution in [-0.2, 0) is 22.4 Å². The van der Waals surface area contributed by atoms with Crippen LogP contribution < -0.4 is 10.6 Å². The molecule has 5 rings (SSSR count). The first-order valence-corrected chi connectivity index (χ1v) is 11.1. The maximum Gasteiger partial charge on any atom is 0.228 e. The molecule has 28 heavy (non-hydrogen) atoms. The molecule has 4 aliphatic rings. The number of hydrogen-bond donors (Lipinski definition) is 2. The molecule has 2 N–H and O–H groups in total. The number of amides is 1. The third kappa shape index (κ3) is 3.38. The van der Waals surface area contributed by atoms with Crippen LogP contribution in [0.2, 0.25) is 0 Å². The zero-order chi connectivity index (χ0) is 19.0. The molecule has 152 valence electrons. The Morgan fingerprint density at radius 3 is 2.64 bits per heavy atom. The molecule has 0 radical (unpaired) electrons. The van der Waals surface area contributed by atoms with E-state index < -0.39 is 0 Å². The number of nitrogens with one attached hydrogen (secondary N) is 2. The molecule has 3 fully saturated rings. The molecule has 2 aliphatic carbocycles. The van der Waals surface area contributed by atoms with Gasteiger partial charge in [-0.2, -0.15) is 0 Å². The molecule has 2 saturated heterocycles. The maximum absolute atomic E-state index is 13.6. The van der Waals surface area contributed by atoms with E-state index >= 15 is 0 Å². The first-order valence-electron chi connectivity index (χ1n) is 11.1. The molecule has 2 heterocycles. The summed E-state index contributed by atoms with van der Waals surface area (Å²) in [5, 5.41) is 7.01. The maximum atomic E-state index is 13.6. The normalized spacial score (nSPS) is 33.9. The number of fused-ring (bicyclic) bond motifs is 2. The van der Waals surface area contributed by atoms with E-state index in [0.717, 1.165) is 71.5 Å². The van der Waals surface area contributed by atoms with Crippen LogP contribution in [0.25, 0.3) is 0 Å². The second-order valence-corrected chi connectivity index (χ2v) is 9.24. The van der Waals surface area contributed by atoms with Gasteiger partial charge in [-0.3, -0.25) is 9.69 Å². The second kappa shape index (κ2) is 7.77. The number of carbonyl (C=O) groups is 1. The van der Waals surface area contributed by atoms with Gasteiger partial charge in [0, 0.05) is 31.7 Å². The van der Waals surface area contributed by atoms with Gasteiger partial charge >= 0.3 is 0 Å². The summed E-state index contributed by atoms with van der Waals surface area (Å²) in [7, 11) is 0. The highest BCUT2D eigenvalue weighted by molar-refractivity contribution is 5.84. The number of rotatable bonds is 3. The Kier molecular flexibility index (Phi) is 5.16. The van der Waals surface area contributed by atoms with E-state index in [1.54, 1.807) is 0 Å². The van der Waals surface area contributed by atoms with Crippen LogP contribution in [0, 0.1) is 11.3 Å². The van der Waals surface area contributed by atoms with Crippen molar-refractivity contribution in [2.24, 2.45) is 11.3 Å². The van der Waals surface area contributed by atoms with Crippen LogP contribution in [0.1, 0.15) is 36.8 Å². The minimum Gasteiger partial charge on any atom is -0.379 e. The SMILES string of the molecule is O=C(NC1Cc2ccccc2C1)[C@@]12CC[C@@H](N3CCOCC3)C[C@H]1CCNC2. The zero-order valence-electron chi connectivity index (χ0n) is 16.8. The van der Waals surface area contributed by atoms with Gasteiger partial charge in [0.05, 0.1) is 18.6 Å². The molecular weight excluding hydrogens is 350 g/mol. The largest absolute Gasteiger partial charge is 0.379 e. The van der Waals surface area contributed by atoms with Gasteiger partial charge in [-0.05, 0) is 62.1 Å². The summed E-state index contributed by atoms with van der Waals surface area (Å²) in [5.74, 6) is 0.807. The lowest BCUT2D eigenvalue weighted by Crippen LogP contribution is -2.61. The lowest BCUT2D eigenvalue weighted by molar-refractivity contribution is -0.141. The fourth-order valence-electron chi connectivity index (χ4n) is 6.16. The van der Waals surface area contributed by atoms with Gasteiger partial charge in [-0.1, -0.05) is 24.3 Å². The Morgan fingerprint density at radius 2 is 1.89 bits per heavy atom. The fraction of sp³-hybridized carbons (Fsp3) is 0.696. The second-order valence-electron chi connectivity index (χ2n) is 9.24. The molecule has 0 aromatic heterocycles. The number of piperidine rings is 1. The van der Waals surface area contributed by atoms with Crippen molar-refractivity contribution in [1.82, 2.24) is 15.5 Å². The summed E-state index contributed by atoms with van der Waals surface area (Å²) < 4.78 is 5.54. The van der Waals surface area contributed by atoms with Gasteiger partial charge in [0.1, 0.15) is 0 Å². The Labute approximate surface area is 168 Å². The van der Waals surface area contributed by atoms with E-state index in [-0.39, 0.29) is 11.5 Å². The first kappa shape index (κ1) is 18.6. The van der Waals surface area contributed by atoms with Crippen molar-refractivity contribution in [3.63, 3.8) is 0 Å². The number of carbonyl (C=O) groups excluding carboxylic acids is 1. The van der Waals surface area contributed by atoms with E-state index in [0.29, 0.717) is 17.9 Å². The molecular formula is C23H33N3O2. The number of morpholine rings is 1. The van der Waals surface area contributed by atoms with Crippen molar-refractivity contribution in [2.75, 3.05) is 39.4 Å². The fourth-order valence-corrected chi connectivity index (χ4v) is 6.16. The molecule has 0 spiro atoms. The average Bonchev–Trinajstić information content (AvgIpc) is 3.16. The number of ether oxygens (including phenoxy) is 1. The zero-order valence-corrected chi connectivity index (χ0v) is 16.8. The van der Waals surface area contributed by atoms with Gasteiger partial charge in [-0.15, -0.1) is 0 Å². The smallest absolute Gasteiger partial charge is 0.228 e. The van der Waals surface area contributed by atoms with Crippen molar-refractivity contribution in [3.05, 3.63) is 35.4 Å². The summed E-state index contributed by atoms with van der Waals surface area (Å²) in [5.41, 5.74) is 2.59. The van der Waals surface area contributed by atoms with E-state index in [1.165, 1.54) is 17.5 Å². The molecule has 5 heteroatoms. The Bertz CT molecular complexity index is 693. The van der Waals surface area contributed by atoms with Gasteiger partial charge in [0.15, 0.2) is 0 Å². The summed E-state index contributed by atoms with van der Waals surface area (Å²) >= 11 is 0. The highest BCUT2D eigenvalue weighted by atomic mass is 16.5. The number of hydrogen-bond acceptors (Lipinski definition) is 4. The highest BCUT2D eigenvalue weighted by Crippen LogP contribution is 2.46. The van der Waals surface area contributed by atoms with Crippen LogP contribution >= 0.6 is 0 Å². The van der Waals surface area contributed by atoms with Crippen molar-refractivity contribution < 1.29 is 9.53 Å². The van der Waals surface area contributed by atoms with Crippen LogP contribution in [-0.4, -0.2) is 62.3 Å². The molecule has 1 amide bonds. The van der Waals surface area contributed by atoms with Crippen LogP contribution in [0.4, 0.5) is 0 Å². The Morgan fingerprint density at radius 1 is 1.14 bits per heavy atom. The lowest BCUT2D eigenvalue weighted by Gasteiger charge is -2.51. The Hall–Kier alpha value is -1.43. The highest BCUT2D eigenvalue weighted by Gasteiger charge is 2.51. The molecule has 1 aromatic rings. The van der Waals surface area contributed by atoms with Crippen LogP contribution in [0.3, 0.4) is 0 Å². The number of nitrogens with zero attached hydrogens (tertiary/aromatic N) is 1. The van der Waals surface area contributed by atoms with E-state index in [9.17, 15) is 4.79 Å². The summed E-state index contributed by atoms with van der Waals surface area (Å²) in [6, 6.07) is 9.52.